The first-order chi connectivity index (χ1) is 11.6. The van der Waals surface area contributed by atoms with E-state index in [-0.39, 0.29) is 17.4 Å². The number of carboxylic acid groups (broad SMARTS) is 1. The lowest BCUT2D eigenvalue weighted by Crippen LogP contribution is -2.45. The molecule has 0 bridgehead atoms. The number of benzene rings is 1. The summed E-state index contributed by atoms with van der Waals surface area (Å²) in [5.41, 5.74) is 1.21. The van der Waals surface area contributed by atoms with E-state index in [1.165, 1.54) is 19.3 Å². The molecular formula is C19H26N2O3. The Labute approximate surface area is 143 Å². The molecule has 1 unspecified atom stereocenters. The summed E-state index contributed by atoms with van der Waals surface area (Å²) in [6.07, 6.45) is 5.73. The number of carboxylic acids is 1. The van der Waals surface area contributed by atoms with Gasteiger partial charge in [-0.15, -0.1) is 0 Å². The van der Waals surface area contributed by atoms with Crippen LogP contribution in [-0.4, -0.2) is 59.5 Å². The Bertz CT molecular complexity index is 579. The summed E-state index contributed by atoms with van der Waals surface area (Å²) in [6, 6.07) is 6.77. The maximum Gasteiger partial charge on any atom is 0.335 e. The van der Waals surface area contributed by atoms with Gasteiger partial charge in [-0.05, 0) is 56.5 Å². The second-order valence-electron chi connectivity index (χ2n) is 6.85. The van der Waals surface area contributed by atoms with Gasteiger partial charge in [-0.25, -0.2) is 4.79 Å². The molecule has 2 saturated heterocycles. The molecule has 0 radical (unpaired) electrons. The van der Waals surface area contributed by atoms with Gasteiger partial charge in [0.2, 0.25) is 5.91 Å². The number of carbonyl (C=O) groups is 2. The van der Waals surface area contributed by atoms with Gasteiger partial charge in [-0.3, -0.25) is 4.79 Å². The smallest absolute Gasteiger partial charge is 0.335 e. The molecule has 0 saturated carbocycles. The fraction of sp³-hybridized carbons (Fsp3) is 0.579. The fourth-order valence-electron chi connectivity index (χ4n) is 3.77. The van der Waals surface area contributed by atoms with E-state index in [0.29, 0.717) is 0 Å². The van der Waals surface area contributed by atoms with Crippen molar-refractivity contribution in [1.82, 2.24) is 9.80 Å². The molecule has 1 amide bonds. The summed E-state index contributed by atoms with van der Waals surface area (Å²) in [5, 5.41) is 8.99. The minimum atomic E-state index is -0.931. The third kappa shape index (κ3) is 3.96. The molecule has 2 heterocycles. The van der Waals surface area contributed by atoms with Crippen LogP contribution in [0.25, 0.3) is 0 Å². The lowest BCUT2D eigenvalue weighted by atomic mass is 9.89. The highest BCUT2D eigenvalue weighted by atomic mass is 16.4. The number of carbonyl (C=O) groups excluding carboxylic acids is 1. The summed E-state index contributed by atoms with van der Waals surface area (Å²) in [5.74, 6) is -0.857. The molecule has 0 aromatic heterocycles. The number of piperidine rings is 2. The molecule has 130 valence electrons. The Balaban J connectivity index is 1.60. The molecule has 3 rings (SSSR count). The van der Waals surface area contributed by atoms with Crippen LogP contribution in [0.1, 0.15) is 53.9 Å². The monoisotopic (exact) mass is 330 g/mol. The van der Waals surface area contributed by atoms with Crippen molar-refractivity contribution in [3.05, 3.63) is 35.4 Å². The predicted molar refractivity (Wildman–Crippen MR) is 92.2 cm³/mol. The number of hydrogen-bond acceptors (Lipinski definition) is 3. The number of amides is 1. The van der Waals surface area contributed by atoms with Gasteiger partial charge in [0.15, 0.2) is 0 Å². The molecule has 0 aliphatic carbocycles. The van der Waals surface area contributed by atoms with Crippen molar-refractivity contribution in [3.63, 3.8) is 0 Å². The Morgan fingerprint density at radius 3 is 2.38 bits per heavy atom. The van der Waals surface area contributed by atoms with Crippen molar-refractivity contribution in [3.8, 4) is 0 Å². The largest absolute Gasteiger partial charge is 0.478 e. The van der Waals surface area contributed by atoms with Crippen LogP contribution in [0.15, 0.2) is 24.3 Å². The maximum absolute atomic E-state index is 12.8. The Morgan fingerprint density at radius 2 is 1.71 bits per heavy atom. The van der Waals surface area contributed by atoms with E-state index < -0.39 is 5.97 Å². The van der Waals surface area contributed by atoms with Crippen LogP contribution in [-0.2, 0) is 4.79 Å². The zero-order chi connectivity index (χ0) is 16.9. The highest BCUT2D eigenvalue weighted by molar-refractivity contribution is 5.88. The first-order valence-electron chi connectivity index (χ1n) is 8.99. The van der Waals surface area contributed by atoms with Gasteiger partial charge >= 0.3 is 5.97 Å². The molecule has 2 aliphatic heterocycles. The maximum atomic E-state index is 12.8. The van der Waals surface area contributed by atoms with Gasteiger partial charge in [-0.2, -0.15) is 0 Å². The molecule has 2 aliphatic rings. The van der Waals surface area contributed by atoms with Gasteiger partial charge in [-0.1, -0.05) is 18.6 Å². The third-order valence-corrected chi connectivity index (χ3v) is 5.23. The van der Waals surface area contributed by atoms with Gasteiger partial charge in [0.05, 0.1) is 11.5 Å². The zero-order valence-electron chi connectivity index (χ0n) is 14.1. The molecule has 5 heteroatoms. The van der Waals surface area contributed by atoms with Gasteiger partial charge < -0.3 is 14.9 Å². The highest BCUT2D eigenvalue weighted by Crippen LogP contribution is 2.28. The number of hydrogen-bond donors (Lipinski definition) is 1. The van der Waals surface area contributed by atoms with Gasteiger partial charge in [0.25, 0.3) is 0 Å². The van der Waals surface area contributed by atoms with Crippen molar-refractivity contribution in [2.24, 2.45) is 0 Å². The lowest BCUT2D eigenvalue weighted by Gasteiger charge is -2.35. The summed E-state index contributed by atoms with van der Waals surface area (Å²) < 4.78 is 0. The van der Waals surface area contributed by atoms with Crippen molar-refractivity contribution in [2.75, 3.05) is 32.7 Å². The summed E-state index contributed by atoms with van der Waals surface area (Å²) >= 11 is 0. The van der Waals surface area contributed by atoms with Crippen LogP contribution in [0.4, 0.5) is 0 Å². The van der Waals surface area contributed by atoms with Crippen molar-refractivity contribution >= 4 is 11.9 Å². The van der Waals surface area contributed by atoms with E-state index in [1.54, 1.807) is 24.3 Å². The second-order valence-corrected chi connectivity index (χ2v) is 6.85. The third-order valence-electron chi connectivity index (χ3n) is 5.23. The van der Waals surface area contributed by atoms with E-state index >= 15 is 0 Å². The fourth-order valence-corrected chi connectivity index (χ4v) is 3.77. The molecular weight excluding hydrogens is 304 g/mol. The van der Waals surface area contributed by atoms with E-state index in [1.807, 2.05) is 4.90 Å². The standard InChI is InChI=1S/C19H26N2O3/c22-18-17(15-6-8-16(9-7-15)19(23)24)5-4-12-21(18)14-13-20-10-2-1-3-11-20/h6-9,17H,1-5,10-14H2,(H,23,24). The average Bonchev–Trinajstić information content (AvgIpc) is 2.62. The topological polar surface area (TPSA) is 60.9 Å². The Kier molecular flexibility index (Phi) is 5.51. The molecule has 1 aromatic rings. The Hall–Kier alpha value is -1.88. The van der Waals surface area contributed by atoms with Crippen molar-refractivity contribution in [1.29, 1.82) is 0 Å². The molecule has 5 nitrogen and oxygen atoms in total. The first kappa shape index (κ1) is 17.0. The Morgan fingerprint density at radius 1 is 1.00 bits per heavy atom. The average molecular weight is 330 g/mol. The van der Waals surface area contributed by atoms with Crippen molar-refractivity contribution < 1.29 is 14.7 Å². The molecule has 0 spiro atoms. The van der Waals surface area contributed by atoms with Crippen LogP contribution in [0.5, 0.6) is 0 Å². The molecule has 1 aromatic carbocycles. The first-order valence-corrected chi connectivity index (χ1v) is 8.99. The van der Waals surface area contributed by atoms with Gasteiger partial charge in [0.1, 0.15) is 0 Å². The molecule has 1 atom stereocenters. The number of nitrogens with zero attached hydrogens (tertiary/aromatic N) is 2. The molecule has 1 N–H and O–H groups in total. The molecule has 24 heavy (non-hydrogen) atoms. The summed E-state index contributed by atoms with van der Waals surface area (Å²) in [4.78, 5) is 28.2. The summed E-state index contributed by atoms with van der Waals surface area (Å²) in [6.45, 7) is 4.93. The minimum Gasteiger partial charge on any atom is -0.478 e. The minimum absolute atomic E-state index is 0.122. The summed E-state index contributed by atoms with van der Waals surface area (Å²) in [7, 11) is 0. The zero-order valence-corrected chi connectivity index (χ0v) is 14.1. The van der Waals surface area contributed by atoms with Crippen LogP contribution < -0.4 is 0 Å². The van der Waals surface area contributed by atoms with Crippen molar-refractivity contribution in [2.45, 2.75) is 38.0 Å². The predicted octanol–water partition coefficient (Wildman–Crippen LogP) is 2.58. The quantitative estimate of drug-likeness (QED) is 0.901. The van der Waals surface area contributed by atoms with Crippen LogP contribution in [0.2, 0.25) is 0 Å². The number of likely N-dealkylation sites (tertiary alicyclic amines) is 2. The highest BCUT2D eigenvalue weighted by Gasteiger charge is 2.30. The van der Waals surface area contributed by atoms with E-state index in [2.05, 4.69) is 4.90 Å². The normalized spacial score (nSPS) is 22.6. The second kappa shape index (κ2) is 7.79. The van der Waals surface area contributed by atoms with Gasteiger partial charge in [0, 0.05) is 19.6 Å². The van der Waals surface area contributed by atoms with E-state index in [0.717, 1.165) is 51.1 Å². The van der Waals surface area contributed by atoms with Crippen LogP contribution in [0.3, 0.4) is 0 Å². The SMILES string of the molecule is O=C(O)c1ccc(C2CCCN(CCN3CCCCC3)C2=O)cc1. The molecule has 2 fully saturated rings. The van der Waals surface area contributed by atoms with Crippen LogP contribution >= 0.6 is 0 Å². The lowest BCUT2D eigenvalue weighted by molar-refractivity contribution is -0.135. The van der Waals surface area contributed by atoms with E-state index in [9.17, 15) is 9.59 Å². The van der Waals surface area contributed by atoms with E-state index in [4.69, 9.17) is 5.11 Å². The number of aromatic carboxylic acids is 1. The van der Waals surface area contributed by atoms with Crippen LogP contribution in [0, 0.1) is 0 Å². The number of rotatable bonds is 5.